The van der Waals surface area contributed by atoms with Crippen molar-refractivity contribution >= 4 is 22.4 Å². The van der Waals surface area contributed by atoms with Crippen LogP contribution in [0.15, 0.2) is 57.7 Å². The van der Waals surface area contributed by atoms with Gasteiger partial charge in [0.25, 0.3) is 0 Å². The van der Waals surface area contributed by atoms with Crippen LogP contribution in [0.25, 0.3) is 11.0 Å². The van der Waals surface area contributed by atoms with E-state index in [1.807, 2.05) is 0 Å². The fraction of sp³-hybridized carbons (Fsp3) is 0.111. The van der Waals surface area contributed by atoms with Crippen molar-refractivity contribution in [2.24, 2.45) is 0 Å². The van der Waals surface area contributed by atoms with E-state index in [-0.39, 0.29) is 12.2 Å². The molecule has 0 amide bonds. The molecule has 0 radical (unpaired) electrons. The standard InChI is InChI=1S/C18H15NO4/c1-22-14-5-6-17-15(10-14)12(9-18(21)23-17)8-16(20)11-3-2-4-13(19)7-11/h2-7,9-10H,8,19H2,1H3. The molecular weight excluding hydrogens is 294 g/mol. The van der Waals surface area contributed by atoms with Gasteiger partial charge in [-0.15, -0.1) is 0 Å². The Morgan fingerprint density at radius 3 is 2.74 bits per heavy atom. The number of nitrogens with two attached hydrogens (primary N) is 1. The lowest BCUT2D eigenvalue weighted by Crippen LogP contribution is -2.08. The summed E-state index contributed by atoms with van der Waals surface area (Å²) in [5, 5.41) is 0.682. The normalized spacial score (nSPS) is 10.7. The highest BCUT2D eigenvalue weighted by atomic mass is 16.5. The van der Waals surface area contributed by atoms with Crippen LogP contribution >= 0.6 is 0 Å². The van der Waals surface area contributed by atoms with Crippen LogP contribution in [-0.4, -0.2) is 12.9 Å². The Balaban J connectivity index is 2.05. The SMILES string of the molecule is COc1ccc2oc(=O)cc(CC(=O)c3cccc(N)c3)c2c1. The van der Waals surface area contributed by atoms with Gasteiger partial charge in [0.1, 0.15) is 11.3 Å². The molecule has 0 saturated carbocycles. The van der Waals surface area contributed by atoms with Gasteiger partial charge in [-0.3, -0.25) is 4.79 Å². The number of hydrogen-bond donors (Lipinski definition) is 1. The summed E-state index contributed by atoms with van der Waals surface area (Å²) in [4.78, 5) is 24.2. The summed E-state index contributed by atoms with van der Waals surface area (Å²) in [7, 11) is 1.55. The van der Waals surface area contributed by atoms with Crippen LogP contribution < -0.4 is 16.1 Å². The van der Waals surface area contributed by atoms with E-state index in [2.05, 4.69) is 0 Å². The fourth-order valence-electron chi connectivity index (χ4n) is 2.47. The summed E-state index contributed by atoms with van der Waals surface area (Å²) in [5.74, 6) is 0.510. The molecular formula is C18H15NO4. The van der Waals surface area contributed by atoms with Crippen molar-refractivity contribution in [3.63, 3.8) is 0 Å². The molecule has 0 bridgehead atoms. The van der Waals surface area contributed by atoms with Gasteiger partial charge >= 0.3 is 5.63 Å². The number of carbonyl (C=O) groups is 1. The summed E-state index contributed by atoms with van der Waals surface area (Å²) in [5.41, 5.74) is 7.28. The van der Waals surface area contributed by atoms with Gasteiger partial charge in [-0.25, -0.2) is 4.79 Å². The van der Waals surface area contributed by atoms with E-state index < -0.39 is 5.63 Å². The third kappa shape index (κ3) is 3.08. The highest BCUT2D eigenvalue weighted by Gasteiger charge is 2.13. The van der Waals surface area contributed by atoms with Crippen molar-refractivity contribution in [3.05, 3.63) is 70.1 Å². The first kappa shape index (κ1) is 14.8. The summed E-state index contributed by atoms with van der Waals surface area (Å²) < 4.78 is 10.4. The molecule has 0 aliphatic rings. The van der Waals surface area contributed by atoms with E-state index in [0.29, 0.717) is 33.5 Å². The zero-order valence-corrected chi connectivity index (χ0v) is 12.5. The highest BCUT2D eigenvalue weighted by Crippen LogP contribution is 2.24. The van der Waals surface area contributed by atoms with Crippen LogP contribution in [0.3, 0.4) is 0 Å². The minimum atomic E-state index is -0.488. The van der Waals surface area contributed by atoms with Crippen molar-refractivity contribution in [1.82, 2.24) is 0 Å². The quantitative estimate of drug-likeness (QED) is 0.455. The van der Waals surface area contributed by atoms with Gasteiger partial charge in [-0.2, -0.15) is 0 Å². The smallest absolute Gasteiger partial charge is 0.336 e. The zero-order chi connectivity index (χ0) is 16.4. The minimum absolute atomic E-state index is 0.0821. The van der Waals surface area contributed by atoms with Crippen molar-refractivity contribution in [2.75, 3.05) is 12.8 Å². The molecule has 116 valence electrons. The molecule has 0 aliphatic carbocycles. The topological polar surface area (TPSA) is 82.5 Å². The van der Waals surface area contributed by atoms with E-state index in [1.54, 1.807) is 49.6 Å². The number of carbonyl (C=O) groups excluding carboxylic acids is 1. The molecule has 0 aliphatic heterocycles. The highest BCUT2D eigenvalue weighted by molar-refractivity contribution is 6.00. The lowest BCUT2D eigenvalue weighted by Gasteiger charge is -2.07. The summed E-state index contributed by atoms with van der Waals surface area (Å²) in [6, 6.07) is 13.2. The van der Waals surface area contributed by atoms with Gasteiger partial charge in [-0.1, -0.05) is 12.1 Å². The van der Waals surface area contributed by atoms with E-state index >= 15 is 0 Å². The molecule has 2 aromatic carbocycles. The van der Waals surface area contributed by atoms with Crippen LogP contribution in [-0.2, 0) is 6.42 Å². The number of ketones is 1. The zero-order valence-electron chi connectivity index (χ0n) is 12.5. The molecule has 0 atom stereocenters. The largest absolute Gasteiger partial charge is 0.497 e. The first-order valence-electron chi connectivity index (χ1n) is 7.06. The molecule has 2 N–H and O–H groups in total. The van der Waals surface area contributed by atoms with Gasteiger partial charge < -0.3 is 14.9 Å². The molecule has 5 heteroatoms. The first-order valence-corrected chi connectivity index (χ1v) is 7.06. The summed E-state index contributed by atoms with van der Waals surface area (Å²) >= 11 is 0. The van der Waals surface area contributed by atoms with Crippen LogP contribution in [0.5, 0.6) is 5.75 Å². The summed E-state index contributed by atoms with van der Waals surface area (Å²) in [6.07, 6.45) is 0.0821. The predicted octanol–water partition coefficient (Wildman–Crippen LogP) is 2.81. The van der Waals surface area contributed by atoms with E-state index in [1.165, 1.54) is 6.07 Å². The third-order valence-corrected chi connectivity index (χ3v) is 3.59. The van der Waals surface area contributed by atoms with Gasteiger partial charge in [0.05, 0.1) is 7.11 Å². The molecule has 1 heterocycles. The van der Waals surface area contributed by atoms with Crippen molar-refractivity contribution < 1.29 is 13.9 Å². The monoisotopic (exact) mass is 309 g/mol. The van der Waals surface area contributed by atoms with Gasteiger partial charge in [0, 0.05) is 29.1 Å². The summed E-state index contributed by atoms with van der Waals surface area (Å²) in [6.45, 7) is 0. The number of benzene rings is 2. The average molecular weight is 309 g/mol. The Hall–Kier alpha value is -3.08. The molecule has 0 fully saturated rings. The number of methoxy groups -OCH3 is 1. The lowest BCUT2D eigenvalue weighted by atomic mass is 10.00. The van der Waals surface area contributed by atoms with Crippen molar-refractivity contribution in [2.45, 2.75) is 6.42 Å². The van der Waals surface area contributed by atoms with E-state index in [4.69, 9.17) is 14.9 Å². The maximum absolute atomic E-state index is 12.5. The minimum Gasteiger partial charge on any atom is -0.497 e. The second kappa shape index (κ2) is 5.96. The Morgan fingerprint density at radius 2 is 2.00 bits per heavy atom. The molecule has 23 heavy (non-hydrogen) atoms. The predicted molar refractivity (Wildman–Crippen MR) is 87.9 cm³/mol. The molecule has 3 aromatic rings. The Kier molecular flexibility index (Phi) is 3.85. The number of Topliss-reactive ketones (excluding diaryl/α,β-unsaturated/α-hetero) is 1. The maximum Gasteiger partial charge on any atom is 0.336 e. The number of ether oxygens (including phenoxy) is 1. The van der Waals surface area contributed by atoms with Crippen LogP contribution in [0.2, 0.25) is 0 Å². The Bertz CT molecular complexity index is 943. The fourth-order valence-corrected chi connectivity index (χ4v) is 2.47. The number of rotatable bonds is 4. The average Bonchev–Trinajstić information content (AvgIpc) is 2.54. The van der Waals surface area contributed by atoms with Crippen molar-refractivity contribution in [1.29, 1.82) is 0 Å². The van der Waals surface area contributed by atoms with Gasteiger partial charge in [0.15, 0.2) is 5.78 Å². The third-order valence-electron chi connectivity index (χ3n) is 3.59. The van der Waals surface area contributed by atoms with Crippen molar-refractivity contribution in [3.8, 4) is 5.75 Å². The van der Waals surface area contributed by atoms with Gasteiger partial charge in [-0.05, 0) is 35.9 Å². The van der Waals surface area contributed by atoms with E-state index in [0.717, 1.165) is 0 Å². The molecule has 3 rings (SSSR count). The second-order valence-electron chi connectivity index (χ2n) is 5.18. The molecule has 0 saturated heterocycles. The molecule has 1 aromatic heterocycles. The molecule has 0 spiro atoms. The lowest BCUT2D eigenvalue weighted by molar-refractivity contribution is 0.0993. The number of anilines is 1. The maximum atomic E-state index is 12.5. The molecule has 5 nitrogen and oxygen atoms in total. The number of hydrogen-bond acceptors (Lipinski definition) is 5. The van der Waals surface area contributed by atoms with Crippen LogP contribution in [0, 0.1) is 0 Å². The van der Waals surface area contributed by atoms with E-state index in [9.17, 15) is 9.59 Å². The number of fused-ring (bicyclic) bond motifs is 1. The molecule has 0 unspecified atom stereocenters. The Labute approximate surface area is 132 Å². The van der Waals surface area contributed by atoms with Gasteiger partial charge in [0.2, 0.25) is 0 Å². The first-order chi connectivity index (χ1) is 11.1. The number of nitrogen functional groups attached to an aromatic ring is 1. The Morgan fingerprint density at radius 1 is 1.17 bits per heavy atom. The van der Waals surface area contributed by atoms with Crippen LogP contribution in [0.1, 0.15) is 15.9 Å². The second-order valence-corrected chi connectivity index (χ2v) is 5.18. The van der Waals surface area contributed by atoms with Crippen LogP contribution in [0.4, 0.5) is 5.69 Å².